The van der Waals surface area contributed by atoms with Crippen LogP contribution < -0.4 is 4.72 Å². The van der Waals surface area contributed by atoms with Crippen molar-refractivity contribution in [2.75, 3.05) is 13.2 Å². The molecule has 84 valence electrons. The van der Waals surface area contributed by atoms with E-state index in [-0.39, 0.29) is 18.7 Å². The maximum atomic E-state index is 11.7. The van der Waals surface area contributed by atoms with Gasteiger partial charge in [-0.2, -0.15) is 17.4 Å². The third-order valence-electron chi connectivity index (χ3n) is 2.23. The van der Waals surface area contributed by atoms with Gasteiger partial charge in [-0.3, -0.25) is 0 Å². The van der Waals surface area contributed by atoms with Crippen LogP contribution in [0.1, 0.15) is 26.7 Å². The van der Waals surface area contributed by atoms with Crippen molar-refractivity contribution >= 4 is 10.2 Å². The van der Waals surface area contributed by atoms with E-state index < -0.39 is 10.2 Å². The average molecular weight is 222 g/mol. The maximum Gasteiger partial charge on any atom is 0.280 e. The van der Waals surface area contributed by atoms with E-state index in [1.54, 1.807) is 13.8 Å². The Bertz CT molecular complexity index is 276. The van der Waals surface area contributed by atoms with Crippen LogP contribution in [-0.4, -0.2) is 43.1 Å². The van der Waals surface area contributed by atoms with Gasteiger partial charge in [0.25, 0.3) is 10.2 Å². The number of aliphatic hydroxyl groups is 1. The minimum Gasteiger partial charge on any atom is -0.395 e. The van der Waals surface area contributed by atoms with Crippen LogP contribution in [-0.2, 0) is 10.2 Å². The van der Waals surface area contributed by atoms with Gasteiger partial charge in [0.2, 0.25) is 0 Å². The highest BCUT2D eigenvalue weighted by Crippen LogP contribution is 2.19. The Morgan fingerprint density at radius 3 is 2.71 bits per heavy atom. The zero-order valence-electron chi connectivity index (χ0n) is 8.60. The Morgan fingerprint density at radius 2 is 2.21 bits per heavy atom. The number of hydrogen-bond donors (Lipinski definition) is 2. The molecule has 1 saturated heterocycles. The Balaban J connectivity index is 2.71. The van der Waals surface area contributed by atoms with Gasteiger partial charge in [-0.05, 0) is 26.7 Å². The SMILES string of the molecule is CC(C)NS(=O)(=O)N1CCC[C@@H]1CO. The van der Waals surface area contributed by atoms with Crippen molar-refractivity contribution < 1.29 is 13.5 Å². The molecule has 0 radical (unpaired) electrons. The Kier molecular flexibility index (Phi) is 3.88. The van der Waals surface area contributed by atoms with Gasteiger partial charge < -0.3 is 5.11 Å². The summed E-state index contributed by atoms with van der Waals surface area (Å²) in [4.78, 5) is 0. The zero-order valence-corrected chi connectivity index (χ0v) is 9.42. The molecule has 0 saturated carbocycles. The Morgan fingerprint density at radius 1 is 1.57 bits per heavy atom. The normalized spacial score (nSPS) is 24.7. The molecule has 1 rings (SSSR count). The molecule has 1 fully saturated rings. The largest absolute Gasteiger partial charge is 0.395 e. The summed E-state index contributed by atoms with van der Waals surface area (Å²) in [6, 6.07) is -0.355. The van der Waals surface area contributed by atoms with Crippen LogP contribution in [0.4, 0.5) is 0 Å². The molecular weight excluding hydrogens is 204 g/mol. The first-order valence-electron chi connectivity index (χ1n) is 4.87. The van der Waals surface area contributed by atoms with Crippen LogP contribution in [0.5, 0.6) is 0 Å². The molecule has 14 heavy (non-hydrogen) atoms. The number of nitrogens with zero attached hydrogens (tertiary/aromatic N) is 1. The number of rotatable bonds is 4. The zero-order chi connectivity index (χ0) is 10.8. The highest BCUT2D eigenvalue weighted by Gasteiger charge is 2.33. The first-order chi connectivity index (χ1) is 6.47. The second-order valence-corrected chi connectivity index (χ2v) is 5.52. The molecule has 0 unspecified atom stereocenters. The summed E-state index contributed by atoms with van der Waals surface area (Å²) >= 11 is 0. The van der Waals surface area contributed by atoms with Crippen LogP contribution in [0.25, 0.3) is 0 Å². The Hall–Kier alpha value is -0.170. The first-order valence-corrected chi connectivity index (χ1v) is 6.31. The van der Waals surface area contributed by atoms with Crippen LogP contribution in [0.2, 0.25) is 0 Å². The molecular formula is C8H18N2O3S. The summed E-state index contributed by atoms with van der Waals surface area (Å²) in [6.45, 7) is 3.97. The van der Waals surface area contributed by atoms with Gasteiger partial charge >= 0.3 is 0 Å². The quantitative estimate of drug-likeness (QED) is 0.685. The van der Waals surface area contributed by atoms with Crippen LogP contribution >= 0.6 is 0 Å². The molecule has 0 aromatic heterocycles. The molecule has 0 aromatic rings. The third kappa shape index (κ3) is 2.66. The topological polar surface area (TPSA) is 69.6 Å². The first kappa shape index (κ1) is 11.9. The third-order valence-corrected chi connectivity index (χ3v) is 4.09. The van der Waals surface area contributed by atoms with E-state index in [1.165, 1.54) is 4.31 Å². The lowest BCUT2D eigenvalue weighted by molar-refractivity contribution is 0.212. The predicted octanol–water partition coefficient (Wildman–Crippen LogP) is -0.314. The van der Waals surface area contributed by atoms with E-state index in [0.717, 1.165) is 12.8 Å². The lowest BCUT2D eigenvalue weighted by Gasteiger charge is -2.23. The molecule has 0 amide bonds. The summed E-state index contributed by atoms with van der Waals surface area (Å²) in [5, 5.41) is 9.00. The molecule has 1 heterocycles. The summed E-state index contributed by atoms with van der Waals surface area (Å²) in [6.07, 6.45) is 1.57. The molecule has 6 heteroatoms. The molecule has 0 bridgehead atoms. The van der Waals surface area contributed by atoms with Crippen molar-refractivity contribution in [3.05, 3.63) is 0 Å². The van der Waals surface area contributed by atoms with Gasteiger partial charge in [0.05, 0.1) is 6.61 Å². The van der Waals surface area contributed by atoms with Gasteiger partial charge in [0.15, 0.2) is 0 Å². The maximum absolute atomic E-state index is 11.7. The van der Waals surface area contributed by atoms with Crippen molar-refractivity contribution in [3.8, 4) is 0 Å². The fourth-order valence-electron chi connectivity index (χ4n) is 1.67. The van der Waals surface area contributed by atoms with Crippen molar-refractivity contribution in [3.63, 3.8) is 0 Å². The van der Waals surface area contributed by atoms with Gasteiger partial charge in [-0.15, -0.1) is 0 Å². The van der Waals surface area contributed by atoms with Gasteiger partial charge in [0.1, 0.15) is 0 Å². The van der Waals surface area contributed by atoms with E-state index in [9.17, 15) is 8.42 Å². The molecule has 0 spiro atoms. The number of aliphatic hydroxyl groups excluding tert-OH is 1. The molecule has 1 atom stereocenters. The van der Waals surface area contributed by atoms with Crippen LogP contribution in [0, 0.1) is 0 Å². The second-order valence-electron chi connectivity index (χ2n) is 3.87. The number of hydrogen-bond acceptors (Lipinski definition) is 3. The van der Waals surface area contributed by atoms with E-state index in [0.29, 0.717) is 6.54 Å². The fraction of sp³-hybridized carbons (Fsp3) is 1.00. The van der Waals surface area contributed by atoms with Gasteiger partial charge in [-0.25, -0.2) is 0 Å². The molecule has 0 aliphatic carbocycles. The molecule has 1 aliphatic heterocycles. The van der Waals surface area contributed by atoms with Gasteiger partial charge in [0, 0.05) is 18.6 Å². The minimum absolute atomic E-state index is 0.0982. The van der Waals surface area contributed by atoms with E-state index in [4.69, 9.17) is 5.11 Å². The van der Waals surface area contributed by atoms with Crippen LogP contribution in [0.15, 0.2) is 0 Å². The predicted molar refractivity (Wildman–Crippen MR) is 54.0 cm³/mol. The lowest BCUT2D eigenvalue weighted by atomic mass is 10.2. The minimum atomic E-state index is -3.40. The monoisotopic (exact) mass is 222 g/mol. The molecule has 0 aromatic carbocycles. The Labute approximate surface area is 85.3 Å². The second kappa shape index (κ2) is 4.57. The summed E-state index contributed by atoms with van der Waals surface area (Å²) in [7, 11) is -3.40. The van der Waals surface area contributed by atoms with Gasteiger partial charge in [-0.1, -0.05) is 0 Å². The number of nitrogens with one attached hydrogen (secondary N) is 1. The molecule has 5 nitrogen and oxygen atoms in total. The fourth-order valence-corrected chi connectivity index (χ4v) is 3.34. The van der Waals surface area contributed by atoms with E-state index >= 15 is 0 Å². The lowest BCUT2D eigenvalue weighted by Crippen LogP contribution is -2.46. The van der Waals surface area contributed by atoms with Crippen molar-refractivity contribution in [2.45, 2.75) is 38.8 Å². The van der Waals surface area contributed by atoms with E-state index in [1.807, 2.05) is 0 Å². The highest BCUT2D eigenvalue weighted by molar-refractivity contribution is 7.87. The standard InChI is InChI=1S/C8H18N2O3S/c1-7(2)9-14(12,13)10-5-3-4-8(10)6-11/h7-9,11H,3-6H2,1-2H3/t8-/m1/s1. The summed E-state index contributed by atoms with van der Waals surface area (Å²) < 4.78 is 27.3. The molecule has 1 aliphatic rings. The molecule has 2 N–H and O–H groups in total. The average Bonchev–Trinajstić information content (AvgIpc) is 2.48. The van der Waals surface area contributed by atoms with Crippen molar-refractivity contribution in [1.82, 2.24) is 9.03 Å². The smallest absolute Gasteiger partial charge is 0.280 e. The highest BCUT2D eigenvalue weighted by atomic mass is 32.2. The summed E-state index contributed by atoms with van der Waals surface area (Å²) in [5.41, 5.74) is 0. The summed E-state index contributed by atoms with van der Waals surface area (Å²) in [5.74, 6) is 0. The van der Waals surface area contributed by atoms with Crippen molar-refractivity contribution in [1.29, 1.82) is 0 Å². The van der Waals surface area contributed by atoms with E-state index in [2.05, 4.69) is 4.72 Å². The van der Waals surface area contributed by atoms with Crippen molar-refractivity contribution in [2.24, 2.45) is 0 Å². The van der Waals surface area contributed by atoms with Crippen LogP contribution in [0.3, 0.4) is 0 Å².